The molecule has 15 heavy (non-hydrogen) atoms. The number of hydrogen-bond donors (Lipinski definition) is 1. The van der Waals surface area contributed by atoms with Crippen LogP contribution in [-0.4, -0.2) is 39.5 Å². The van der Waals surface area contributed by atoms with Crippen molar-refractivity contribution in [3.63, 3.8) is 0 Å². The van der Waals surface area contributed by atoms with E-state index >= 15 is 0 Å². The third-order valence-electron chi connectivity index (χ3n) is 2.33. The minimum absolute atomic E-state index is 0.513. The lowest BCUT2D eigenvalue weighted by Crippen LogP contribution is -2.30. The number of nitrogens with one attached hydrogen (secondary N) is 1. The molecule has 0 aromatic heterocycles. The fourth-order valence-corrected chi connectivity index (χ4v) is 1.20. The van der Waals surface area contributed by atoms with E-state index < -0.39 is 0 Å². The number of methoxy groups -OCH3 is 1. The molecular formula is C12H27NO2. The van der Waals surface area contributed by atoms with Gasteiger partial charge in [0.15, 0.2) is 0 Å². The van der Waals surface area contributed by atoms with Crippen molar-refractivity contribution in [1.29, 1.82) is 0 Å². The fourth-order valence-electron chi connectivity index (χ4n) is 1.20. The topological polar surface area (TPSA) is 30.5 Å². The van der Waals surface area contributed by atoms with Gasteiger partial charge in [-0.05, 0) is 25.7 Å². The highest BCUT2D eigenvalue weighted by Crippen LogP contribution is 1.98. The molecule has 0 aromatic rings. The second-order valence-corrected chi connectivity index (χ2v) is 4.43. The molecule has 0 aromatic carbocycles. The molecule has 0 aliphatic heterocycles. The third-order valence-corrected chi connectivity index (χ3v) is 2.33. The second-order valence-electron chi connectivity index (χ2n) is 4.43. The minimum atomic E-state index is 0.513. The van der Waals surface area contributed by atoms with Crippen LogP contribution in [0.1, 0.15) is 33.6 Å². The van der Waals surface area contributed by atoms with Gasteiger partial charge in [-0.3, -0.25) is 0 Å². The van der Waals surface area contributed by atoms with E-state index in [0.29, 0.717) is 6.04 Å². The summed E-state index contributed by atoms with van der Waals surface area (Å²) in [6, 6.07) is 0.513. The van der Waals surface area contributed by atoms with Gasteiger partial charge in [0.25, 0.3) is 0 Å². The summed E-state index contributed by atoms with van der Waals surface area (Å²) in [5, 5.41) is 3.40. The Bertz CT molecular complexity index is 129. The Hall–Kier alpha value is -0.120. The molecular weight excluding hydrogens is 190 g/mol. The minimum Gasteiger partial charge on any atom is -0.385 e. The normalized spacial score (nSPS) is 13.4. The van der Waals surface area contributed by atoms with Crippen molar-refractivity contribution in [2.24, 2.45) is 5.92 Å². The molecule has 3 nitrogen and oxygen atoms in total. The van der Waals surface area contributed by atoms with E-state index in [-0.39, 0.29) is 0 Å². The van der Waals surface area contributed by atoms with Gasteiger partial charge in [-0.1, -0.05) is 13.8 Å². The number of rotatable bonds is 10. The highest BCUT2D eigenvalue weighted by Gasteiger charge is 1.99. The molecule has 0 aliphatic carbocycles. The smallest absolute Gasteiger partial charge is 0.0591 e. The lowest BCUT2D eigenvalue weighted by atomic mass is 10.1. The molecule has 1 N–H and O–H groups in total. The molecule has 92 valence electrons. The Morgan fingerprint density at radius 2 is 1.73 bits per heavy atom. The van der Waals surface area contributed by atoms with Crippen LogP contribution in [0, 0.1) is 5.92 Å². The molecule has 3 heteroatoms. The van der Waals surface area contributed by atoms with Crippen molar-refractivity contribution in [1.82, 2.24) is 5.32 Å². The Morgan fingerprint density at radius 1 is 1.00 bits per heavy atom. The largest absolute Gasteiger partial charge is 0.385 e. The molecule has 0 heterocycles. The summed E-state index contributed by atoms with van der Waals surface area (Å²) in [5.74, 6) is 0.735. The van der Waals surface area contributed by atoms with E-state index in [1.807, 2.05) is 0 Å². The molecule has 0 saturated heterocycles. The van der Waals surface area contributed by atoms with Gasteiger partial charge < -0.3 is 14.8 Å². The van der Waals surface area contributed by atoms with Crippen molar-refractivity contribution in [3.8, 4) is 0 Å². The van der Waals surface area contributed by atoms with Crippen LogP contribution >= 0.6 is 0 Å². The summed E-state index contributed by atoms with van der Waals surface area (Å²) in [7, 11) is 1.74. The zero-order chi connectivity index (χ0) is 11.5. The van der Waals surface area contributed by atoms with Gasteiger partial charge in [0.2, 0.25) is 0 Å². The Morgan fingerprint density at radius 3 is 2.33 bits per heavy atom. The van der Waals surface area contributed by atoms with E-state index in [9.17, 15) is 0 Å². The highest BCUT2D eigenvalue weighted by molar-refractivity contribution is 4.59. The van der Waals surface area contributed by atoms with Crippen LogP contribution in [0.5, 0.6) is 0 Å². The zero-order valence-corrected chi connectivity index (χ0v) is 10.7. The first-order valence-electron chi connectivity index (χ1n) is 5.97. The predicted molar refractivity (Wildman–Crippen MR) is 64.2 cm³/mol. The van der Waals surface area contributed by atoms with E-state index in [0.717, 1.165) is 45.1 Å². The lowest BCUT2D eigenvalue weighted by molar-refractivity contribution is 0.121. The van der Waals surface area contributed by atoms with Crippen molar-refractivity contribution in [2.75, 3.05) is 33.5 Å². The summed E-state index contributed by atoms with van der Waals surface area (Å²) in [6.07, 6.45) is 2.21. The van der Waals surface area contributed by atoms with Gasteiger partial charge in [0, 0.05) is 32.9 Å². The summed E-state index contributed by atoms with van der Waals surface area (Å²) in [5.41, 5.74) is 0. The first kappa shape index (κ1) is 14.9. The second kappa shape index (κ2) is 10.4. The van der Waals surface area contributed by atoms with E-state index in [2.05, 4.69) is 26.1 Å². The zero-order valence-electron chi connectivity index (χ0n) is 10.7. The van der Waals surface area contributed by atoms with Crippen LogP contribution in [0.2, 0.25) is 0 Å². The average molecular weight is 217 g/mol. The molecule has 0 radical (unpaired) electrons. The van der Waals surface area contributed by atoms with Gasteiger partial charge in [-0.15, -0.1) is 0 Å². The molecule has 1 unspecified atom stereocenters. The quantitative estimate of drug-likeness (QED) is 0.568. The molecule has 0 saturated carbocycles. The van der Waals surface area contributed by atoms with E-state index in [1.165, 1.54) is 0 Å². The first-order chi connectivity index (χ1) is 7.16. The van der Waals surface area contributed by atoms with Crippen LogP contribution in [0.15, 0.2) is 0 Å². The Kier molecular flexibility index (Phi) is 10.3. The van der Waals surface area contributed by atoms with Crippen molar-refractivity contribution in [3.05, 3.63) is 0 Å². The van der Waals surface area contributed by atoms with E-state index in [1.54, 1.807) is 7.11 Å². The van der Waals surface area contributed by atoms with E-state index in [4.69, 9.17) is 9.47 Å². The monoisotopic (exact) mass is 217 g/mol. The fraction of sp³-hybridized carbons (Fsp3) is 1.00. The van der Waals surface area contributed by atoms with Gasteiger partial charge in [0.1, 0.15) is 0 Å². The summed E-state index contributed by atoms with van der Waals surface area (Å²) >= 11 is 0. The average Bonchev–Trinajstić information content (AvgIpc) is 2.19. The maximum absolute atomic E-state index is 5.51. The molecule has 0 aliphatic rings. The molecule has 0 spiro atoms. The standard InChI is InChI=1S/C12H27NO2/c1-11(2)5-9-15-10-7-13-12(3)6-8-14-4/h11-13H,5-10H2,1-4H3. The number of hydrogen-bond acceptors (Lipinski definition) is 3. The Balaban J connectivity index is 3.09. The van der Waals surface area contributed by atoms with Gasteiger partial charge in [-0.25, -0.2) is 0 Å². The van der Waals surface area contributed by atoms with Crippen LogP contribution in [0.4, 0.5) is 0 Å². The lowest BCUT2D eigenvalue weighted by Gasteiger charge is -2.13. The molecule has 0 fully saturated rings. The van der Waals surface area contributed by atoms with Crippen LogP contribution in [0.25, 0.3) is 0 Å². The van der Waals surface area contributed by atoms with Crippen LogP contribution < -0.4 is 5.32 Å². The maximum atomic E-state index is 5.51. The molecule has 1 atom stereocenters. The van der Waals surface area contributed by atoms with Gasteiger partial charge in [0.05, 0.1) is 6.61 Å². The molecule has 0 amide bonds. The molecule has 0 rings (SSSR count). The SMILES string of the molecule is COCCC(C)NCCOCCC(C)C. The van der Waals surface area contributed by atoms with Crippen molar-refractivity contribution >= 4 is 0 Å². The number of ether oxygens (including phenoxy) is 2. The van der Waals surface area contributed by atoms with Crippen molar-refractivity contribution in [2.45, 2.75) is 39.7 Å². The van der Waals surface area contributed by atoms with Crippen molar-refractivity contribution < 1.29 is 9.47 Å². The van der Waals surface area contributed by atoms with Gasteiger partial charge in [-0.2, -0.15) is 0 Å². The summed E-state index contributed by atoms with van der Waals surface area (Å²) in [6.45, 7) is 10.1. The summed E-state index contributed by atoms with van der Waals surface area (Å²) < 4.78 is 10.5. The maximum Gasteiger partial charge on any atom is 0.0591 e. The Labute approximate surface area is 94.5 Å². The highest BCUT2D eigenvalue weighted by atomic mass is 16.5. The predicted octanol–water partition coefficient (Wildman–Crippen LogP) is 2.06. The first-order valence-corrected chi connectivity index (χ1v) is 5.97. The third kappa shape index (κ3) is 11.8. The molecule has 0 bridgehead atoms. The van der Waals surface area contributed by atoms with Crippen LogP contribution in [0.3, 0.4) is 0 Å². The van der Waals surface area contributed by atoms with Crippen LogP contribution in [-0.2, 0) is 9.47 Å². The summed E-state index contributed by atoms with van der Waals surface area (Å²) in [4.78, 5) is 0. The van der Waals surface area contributed by atoms with Gasteiger partial charge >= 0.3 is 0 Å².